The molecule has 5 heteroatoms. The molecule has 1 atom stereocenters. The van der Waals surface area contributed by atoms with Crippen molar-refractivity contribution in [3.8, 4) is 0 Å². The molecule has 1 rings (SSSR count). The standard InChI is InChI=1S/C8H9Cl2NO2/c1-3-11-7(12)5(9)6(10)8(11)13-4-2/h4,8H,2-3H2,1H3/t8-/m1/s1. The number of hydrogen-bond acceptors (Lipinski definition) is 2. The van der Waals surface area contributed by atoms with Gasteiger partial charge in [0.2, 0.25) is 6.23 Å². The molecule has 72 valence electrons. The Morgan fingerprint density at radius 2 is 2.31 bits per heavy atom. The maximum absolute atomic E-state index is 11.4. The Kier molecular flexibility index (Phi) is 3.22. The zero-order valence-corrected chi connectivity index (χ0v) is 8.60. The van der Waals surface area contributed by atoms with Gasteiger partial charge in [0, 0.05) is 6.54 Å². The Morgan fingerprint density at radius 1 is 1.69 bits per heavy atom. The topological polar surface area (TPSA) is 29.5 Å². The summed E-state index contributed by atoms with van der Waals surface area (Å²) in [4.78, 5) is 12.8. The predicted octanol–water partition coefficient (Wildman–Crippen LogP) is 2.02. The van der Waals surface area contributed by atoms with E-state index in [-0.39, 0.29) is 16.0 Å². The lowest BCUT2D eigenvalue weighted by atomic mass is 10.5. The Bertz CT molecular complexity index is 275. The number of amides is 1. The number of hydrogen-bond donors (Lipinski definition) is 0. The second-order valence-electron chi connectivity index (χ2n) is 2.41. The fraction of sp³-hybridized carbons (Fsp3) is 0.375. The van der Waals surface area contributed by atoms with Gasteiger partial charge in [-0.25, -0.2) is 0 Å². The van der Waals surface area contributed by atoms with E-state index in [0.29, 0.717) is 6.54 Å². The molecule has 0 radical (unpaired) electrons. The van der Waals surface area contributed by atoms with E-state index in [1.54, 1.807) is 0 Å². The number of carbonyl (C=O) groups is 1. The quantitative estimate of drug-likeness (QED) is 0.683. The van der Waals surface area contributed by atoms with Crippen molar-refractivity contribution >= 4 is 29.1 Å². The van der Waals surface area contributed by atoms with Gasteiger partial charge >= 0.3 is 0 Å². The molecule has 0 unspecified atom stereocenters. The third-order valence-corrected chi connectivity index (χ3v) is 2.56. The van der Waals surface area contributed by atoms with Crippen LogP contribution in [0.3, 0.4) is 0 Å². The second kappa shape index (κ2) is 4.03. The number of likely N-dealkylation sites (N-methyl/N-ethyl adjacent to an activating group) is 1. The summed E-state index contributed by atoms with van der Waals surface area (Å²) in [5, 5.41) is 0.240. The molecule has 3 nitrogen and oxygen atoms in total. The summed E-state index contributed by atoms with van der Waals surface area (Å²) in [7, 11) is 0. The summed E-state index contributed by atoms with van der Waals surface area (Å²) in [5.74, 6) is -0.305. The summed E-state index contributed by atoms with van der Waals surface area (Å²) in [5.41, 5.74) is 0. The Labute approximate surface area is 86.6 Å². The first kappa shape index (κ1) is 10.4. The van der Waals surface area contributed by atoms with Crippen molar-refractivity contribution in [3.63, 3.8) is 0 Å². The minimum atomic E-state index is -0.607. The number of carbonyl (C=O) groups excluding carboxylic acids is 1. The van der Waals surface area contributed by atoms with Crippen LogP contribution in [0.25, 0.3) is 0 Å². The highest BCUT2D eigenvalue weighted by Crippen LogP contribution is 2.31. The average Bonchev–Trinajstić information content (AvgIpc) is 2.32. The minimum absolute atomic E-state index is 0.0235. The van der Waals surface area contributed by atoms with Gasteiger partial charge in [0.25, 0.3) is 5.91 Å². The third kappa shape index (κ3) is 1.67. The number of nitrogens with zero attached hydrogens (tertiary/aromatic N) is 1. The zero-order valence-electron chi connectivity index (χ0n) is 7.09. The van der Waals surface area contributed by atoms with Crippen molar-refractivity contribution in [1.29, 1.82) is 0 Å². The first-order chi connectivity index (χ1) is 6.13. The van der Waals surface area contributed by atoms with E-state index in [1.165, 1.54) is 11.2 Å². The molecule has 0 N–H and O–H groups in total. The molecule has 0 saturated heterocycles. The number of rotatable bonds is 3. The van der Waals surface area contributed by atoms with E-state index in [0.717, 1.165) is 0 Å². The molecular weight excluding hydrogens is 213 g/mol. The van der Waals surface area contributed by atoms with E-state index in [4.69, 9.17) is 27.9 Å². The summed E-state index contributed by atoms with van der Waals surface area (Å²) in [6.07, 6.45) is 0.627. The Balaban J connectivity index is 2.92. The van der Waals surface area contributed by atoms with Gasteiger partial charge in [-0.05, 0) is 6.92 Å². The van der Waals surface area contributed by atoms with Crippen LogP contribution in [0.15, 0.2) is 22.9 Å². The summed E-state index contributed by atoms with van der Waals surface area (Å²) in [6.45, 7) is 5.70. The van der Waals surface area contributed by atoms with E-state index in [2.05, 4.69) is 6.58 Å². The molecule has 13 heavy (non-hydrogen) atoms. The van der Waals surface area contributed by atoms with Crippen LogP contribution in [-0.4, -0.2) is 23.6 Å². The molecule has 0 aromatic carbocycles. The van der Waals surface area contributed by atoms with Crippen molar-refractivity contribution in [2.24, 2.45) is 0 Å². The molecule has 0 aliphatic carbocycles. The molecule has 0 fully saturated rings. The molecule has 0 spiro atoms. The molecule has 1 aliphatic heterocycles. The van der Waals surface area contributed by atoms with Crippen molar-refractivity contribution in [2.45, 2.75) is 13.2 Å². The largest absolute Gasteiger partial charge is 0.473 e. The highest BCUT2D eigenvalue weighted by Gasteiger charge is 2.37. The molecule has 1 aliphatic rings. The smallest absolute Gasteiger partial charge is 0.269 e. The van der Waals surface area contributed by atoms with Crippen LogP contribution < -0.4 is 0 Å². The third-order valence-electron chi connectivity index (χ3n) is 1.72. The summed E-state index contributed by atoms with van der Waals surface area (Å²) in [6, 6.07) is 0. The van der Waals surface area contributed by atoms with Gasteiger partial charge in [-0.1, -0.05) is 29.8 Å². The van der Waals surface area contributed by atoms with Gasteiger partial charge in [-0.3, -0.25) is 9.69 Å². The van der Waals surface area contributed by atoms with E-state index in [1.807, 2.05) is 6.92 Å². The van der Waals surface area contributed by atoms with Gasteiger partial charge in [0.05, 0.1) is 6.26 Å². The van der Waals surface area contributed by atoms with Gasteiger partial charge < -0.3 is 4.74 Å². The van der Waals surface area contributed by atoms with Gasteiger partial charge in [0.1, 0.15) is 10.1 Å². The van der Waals surface area contributed by atoms with Crippen molar-refractivity contribution in [1.82, 2.24) is 4.90 Å². The highest BCUT2D eigenvalue weighted by molar-refractivity contribution is 6.49. The fourth-order valence-electron chi connectivity index (χ4n) is 1.11. The molecule has 1 amide bonds. The van der Waals surface area contributed by atoms with Crippen molar-refractivity contribution in [3.05, 3.63) is 22.9 Å². The molecule has 0 bridgehead atoms. The lowest BCUT2D eigenvalue weighted by molar-refractivity contribution is -0.131. The molecule has 0 aromatic rings. The van der Waals surface area contributed by atoms with Crippen LogP contribution >= 0.6 is 23.2 Å². The summed E-state index contributed by atoms with van der Waals surface area (Å²) < 4.78 is 5.05. The monoisotopic (exact) mass is 221 g/mol. The Hall–Kier alpha value is -0.670. The normalized spacial score (nSPS) is 22.5. The lowest BCUT2D eigenvalue weighted by Gasteiger charge is -2.22. The molecule has 1 heterocycles. The highest BCUT2D eigenvalue weighted by atomic mass is 35.5. The lowest BCUT2D eigenvalue weighted by Crippen LogP contribution is -2.35. The second-order valence-corrected chi connectivity index (χ2v) is 3.19. The summed E-state index contributed by atoms with van der Waals surface area (Å²) >= 11 is 11.4. The molecule has 0 aromatic heterocycles. The van der Waals surface area contributed by atoms with E-state index < -0.39 is 6.23 Å². The van der Waals surface area contributed by atoms with Crippen LogP contribution in [0, 0.1) is 0 Å². The molecular formula is C8H9Cl2NO2. The first-order valence-electron chi connectivity index (χ1n) is 3.76. The van der Waals surface area contributed by atoms with Gasteiger partial charge in [0.15, 0.2) is 0 Å². The van der Waals surface area contributed by atoms with Crippen LogP contribution in [0.1, 0.15) is 6.92 Å². The first-order valence-corrected chi connectivity index (χ1v) is 4.51. The van der Waals surface area contributed by atoms with Crippen molar-refractivity contribution in [2.75, 3.05) is 6.54 Å². The zero-order chi connectivity index (χ0) is 10.0. The number of ether oxygens (including phenoxy) is 1. The van der Waals surface area contributed by atoms with Crippen LogP contribution in [0.4, 0.5) is 0 Å². The van der Waals surface area contributed by atoms with E-state index in [9.17, 15) is 4.79 Å². The van der Waals surface area contributed by atoms with Crippen LogP contribution in [0.2, 0.25) is 0 Å². The maximum Gasteiger partial charge on any atom is 0.269 e. The van der Waals surface area contributed by atoms with Gasteiger partial charge in [-0.15, -0.1) is 0 Å². The minimum Gasteiger partial charge on any atom is -0.473 e. The molecule has 0 saturated carbocycles. The fourth-order valence-corrected chi connectivity index (χ4v) is 1.57. The predicted molar refractivity (Wildman–Crippen MR) is 51.2 cm³/mol. The average molecular weight is 222 g/mol. The Morgan fingerprint density at radius 3 is 2.77 bits per heavy atom. The number of halogens is 2. The van der Waals surface area contributed by atoms with Crippen LogP contribution in [-0.2, 0) is 9.53 Å². The van der Waals surface area contributed by atoms with E-state index >= 15 is 0 Å². The SMILES string of the molecule is C=CO[C@@H]1C(Cl)=C(Cl)C(=O)N1CC. The maximum atomic E-state index is 11.4. The van der Waals surface area contributed by atoms with Gasteiger partial charge in [-0.2, -0.15) is 0 Å². The van der Waals surface area contributed by atoms with Crippen LogP contribution in [0.5, 0.6) is 0 Å². The van der Waals surface area contributed by atoms with Crippen molar-refractivity contribution < 1.29 is 9.53 Å².